The number of benzene rings is 2. The van der Waals surface area contributed by atoms with E-state index in [1.807, 2.05) is 24.3 Å². The Morgan fingerprint density at radius 3 is 2.23 bits per heavy atom. The van der Waals surface area contributed by atoms with Crippen molar-refractivity contribution in [3.63, 3.8) is 0 Å². The van der Waals surface area contributed by atoms with Crippen molar-refractivity contribution < 1.29 is 19.2 Å². The van der Waals surface area contributed by atoms with Gasteiger partial charge in [-0.05, 0) is 43.4 Å². The van der Waals surface area contributed by atoms with E-state index in [0.29, 0.717) is 17.1 Å². The topological polar surface area (TPSA) is 84.6 Å². The Morgan fingerprint density at radius 1 is 1.13 bits per heavy atom. The van der Waals surface area contributed by atoms with Crippen LogP contribution >= 0.6 is 0 Å². The highest BCUT2D eigenvalue weighted by Gasteiger charge is 2.47. The molecule has 3 aromatic rings. The van der Waals surface area contributed by atoms with Crippen LogP contribution in [0.15, 0.2) is 65.4 Å². The van der Waals surface area contributed by atoms with Gasteiger partial charge >= 0.3 is 6.09 Å². The summed E-state index contributed by atoms with van der Waals surface area (Å²) in [6, 6.07) is 16.1. The normalized spacial score (nSPS) is 14.2. The van der Waals surface area contributed by atoms with Crippen LogP contribution in [-0.2, 0) is 10.2 Å². The maximum Gasteiger partial charge on any atom is 0.411 e. The number of hydrogen-bond donors (Lipinski definition) is 2. The molecule has 0 saturated heterocycles. The van der Waals surface area contributed by atoms with Crippen molar-refractivity contribution in [2.75, 3.05) is 11.9 Å². The first-order valence-corrected chi connectivity index (χ1v) is 9.94. The molecule has 2 N–H and O–H groups in total. The van der Waals surface area contributed by atoms with E-state index >= 15 is 0 Å². The summed E-state index contributed by atoms with van der Waals surface area (Å²) in [5.41, 5.74) is 4.85. The van der Waals surface area contributed by atoms with E-state index in [4.69, 9.17) is 9.26 Å². The lowest BCUT2D eigenvalue weighted by molar-refractivity contribution is 0.168. The highest BCUT2D eigenvalue weighted by atomic mass is 16.5. The number of allylic oxidation sites excluding steroid dienone is 1. The van der Waals surface area contributed by atoms with Crippen molar-refractivity contribution in [3.05, 3.63) is 72.1 Å². The van der Waals surface area contributed by atoms with E-state index in [-0.39, 0.29) is 17.8 Å². The fraction of sp³-hybridized carbons (Fsp3) is 0.250. The van der Waals surface area contributed by atoms with Gasteiger partial charge in [0.15, 0.2) is 5.76 Å². The van der Waals surface area contributed by atoms with Crippen molar-refractivity contribution in [1.82, 2.24) is 5.16 Å². The molecular formula is C24H24N2O4. The number of rotatable bonds is 6. The minimum atomic E-state index is -0.541. The Bertz CT molecular complexity index is 1080. The van der Waals surface area contributed by atoms with Gasteiger partial charge in [-0.1, -0.05) is 60.3 Å². The molecule has 2 aromatic carbocycles. The second kappa shape index (κ2) is 7.71. The van der Waals surface area contributed by atoms with Crippen LogP contribution in [0.5, 0.6) is 0 Å². The van der Waals surface area contributed by atoms with Gasteiger partial charge in [0.1, 0.15) is 11.4 Å². The van der Waals surface area contributed by atoms with Gasteiger partial charge in [-0.3, -0.25) is 5.32 Å². The molecule has 1 aliphatic rings. The fourth-order valence-electron chi connectivity index (χ4n) is 3.65. The quantitative estimate of drug-likeness (QED) is 0.493. The number of nitrogens with one attached hydrogen (secondary N) is 1. The van der Waals surface area contributed by atoms with Gasteiger partial charge in [0.25, 0.3) is 0 Å². The Kier molecular flexibility index (Phi) is 5.08. The predicted molar refractivity (Wildman–Crippen MR) is 115 cm³/mol. The minimum absolute atomic E-state index is 0.245. The van der Waals surface area contributed by atoms with E-state index < -0.39 is 6.09 Å². The highest BCUT2D eigenvalue weighted by Crippen LogP contribution is 2.52. The van der Waals surface area contributed by atoms with Gasteiger partial charge in [-0.15, -0.1) is 0 Å². The first-order chi connectivity index (χ1) is 14.4. The Balaban J connectivity index is 1.56. The summed E-state index contributed by atoms with van der Waals surface area (Å²) in [6.45, 7) is 7.52. The number of anilines is 1. The summed E-state index contributed by atoms with van der Waals surface area (Å²) in [4.78, 5) is 11.8. The molecule has 1 amide bonds. The summed E-state index contributed by atoms with van der Waals surface area (Å²) < 4.78 is 10.4. The zero-order valence-corrected chi connectivity index (χ0v) is 17.1. The third-order valence-electron chi connectivity index (χ3n) is 5.59. The molecule has 1 saturated carbocycles. The van der Waals surface area contributed by atoms with Crippen LogP contribution in [-0.4, -0.2) is 23.0 Å². The molecule has 1 aromatic heterocycles. The molecule has 0 radical (unpaired) electrons. The average molecular weight is 404 g/mol. The van der Waals surface area contributed by atoms with Crippen molar-refractivity contribution in [2.24, 2.45) is 0 Å². The lowest BCUT2D eigenvalue weighted by atomic mass is 9.92. The highest BCUT2D eigenvalue weighted by molar-refractivity contribution is 5.90. The zero-order valence-electron chi connectivity index (χ0n) is 17.1. The number of nitrogens with zero attached hydrogens (tertiary/aromatic N) is 1. The Morgan fingerprint density at radius 2 is 1.70 bits per heavy atom. The Hall–Kier alpha value is -3.54. The predicted octanol–water partition coefficient (Wildman–Crippen LogP) is 5.99. The Labute approximate surface area is 175 Å². The summed E-state index contributed by atoms with van der Waals surface area (Å²) in [6.07, 6.45) is 1.34. The fourth-order valence-corrected chi connectivity index (χ4v) is 3.65. The van der Waals surface area contributed by atoms with Crippen LogP contribution in [0.3, 0.4) is 0 Å². The molecular weight excluding hydrogens is 380 g/mol. The smallest absolute Gasteiger partial charge is 0.411 e. The van der Waals surface area contributed by atoms with E-state index in [1.54, 1.807) is 13.8 Å². The number of aliphatic hydroxyl groups is 1. The molecule has 30 heavy (non-hydrogen) atoms. The monoisotopic (exact) mass is 404 g/mol. The maximum absolute atomic E-state index is 11.8. The van der Waals surface area contributed by atoms with Gasteiger partial charge in [-0.25, -0.2) is 4.79 Å². The SMILES string of the molecule is C=C(O)C1(c2ccc(-c3ccc(-c4onc(C)c4NC(=O)OCC)cc3)cc2)CC1. The molecule has 154 valence electrons. The number of carbonyl (C=O) groups is 1. The van der Waals surface area contributed by atoms with Crippen LogP contribution in [0.4, 0.5) is 10.5 Å². The van der Waals surface area contributed by atoms with E-state index in [1.165, 1.54) is 0 Å². The molecule has 6 nitrogen and oxygen atoms in total. The van der Waals surface area contributed by atoms with Crippen LogP contribution in [0, 0.1) is 6.92 Å². The number of carbonyl (C=O) groups excluding carboxylic acids is 1. The number of ether oxygens (including phenoxy) is 1. The van der Waals surface area contributed by atoms with Crippen molar-refractivity contribution in [3.8, 4) is 22.5 Å². The molecule has 0 bridgehead atoms. The molecule has 0 atom stereocenters. The number of aromatic nitrogens is 1. The number of aliphatic hydroxyl groups excluding tert-OH is 1. The first-order valence-electron chi connectivity index (χ1n) is 9.94. The molecule has 0 unspecified atom stereocenters. The van der Waals surface area contributed by atoms with Crippen molar-refractivity contribution in [2.45, 2.75) is 32.1 Å². The van der Waals surface area contributed by atoms with Crippen LogP contribution in [0.25, 0.3) is 22.5 Å². The van der Waals surface area contributed by atoms with Gasteiger partial charge in [0.05, 0.1) is 17.8 Å². The third kappa shape index (κ3) is 3.56. The van der Waals surface area contributed by atoms with E-state index in [2.05, 4.69) is 41.3 Å². The van der Waals surface area contributed by atoms with Crippen LogP contribution < -0.4 is 5.32 Å². The van der Waals surface area contributed by atoms with Gasteiger partial charge < -0.3 is 14.4 Å². The molecule has 1 heterocycles. The second-order valence-electron chi connectivity index (χ2n) is 7.50. The molecule has 6 heteroatoms. The van der Waals surface area contributed by atoms with E-state index in [9.17, 15) is 9.90 Å². The summed E-state index contributed by atoms with van der Waals surface area (Å²) in [5, 5.41) is 16.5. The van der Waals surface area contributed by atoms with Crippen molar-refractivity contribution in [1.29, 1.82) is 0 Å². The van der Waals surface area contributed by atoms with Crippen molar-refractivity contribution >= 4 is 11.8 Å². The summed E-state index contributed by atoms with van der Waals surface area (Å²) >= 11 is 0. The number of amides is 1. The summed E-state index contributed by atoms with van der Waals surface area (Å²) in [7, 11) is 0. The van der Waals surface area contributed by atoms with Gasteiger partial charge in [0.2, 0.25) is 0 Å². The van der Waals surface area contributed by atoms with Crippen LogP contribution in [0.1, 0.15) is 31.0 Å². The third-order valence-corrected chi connectivity index (χ3v) is 5.59. The largest absolute Gasteiger partial charge is 0.512 e. The zero-order chi connectivity index (χ0) is 21.3. The average Bonchev–Trinajstić information content (AvgIpc) is 3.49. The van der Waals surface area contributed by atoms with Gasteiger partial charge in [0, 0.05) is 5.56 Å². The molecule has 1 aliphatic carbocycles. The molecule has 0 aliphatic heterocycles. The molecule has 1 fully saturated rings. The number of hydrogen-bond acceptors (Lipinski definition) is 5. The maximum atomic E-state index is 11.8. The molecule has 4 rings (SSSR count). The lowest BCUT2D eigenvalue weighted by Crippen LogP contribution is -2.14. The lowest BCUT2D eigenvalue weighted by Gasteiger charge is -2.14. The summed E-state index contributed by atoms with van der Waals surface area (Å²) in [5.74, 6) is 0.730. The minimum Gasteiger partial charge on any atom is -0.512 e. The molecule has 0 spiro atoms. The van der Waals surface area contributed by atoms with E-state index in [0.717, 1.165) is 35.1 Å². The first kappa shape index (κ1) is 19.8. The number of aryl methyl sites for hydroxylation is 1. The second-order valence-corrected chi connectivity index (χ2v) is 7.50. The van der Waals surface area contributed by atoms with Crippen LogP contribution in [0.2, 0.25) is 0 Å². The van der Waals surface area contributed by atoms with Gasteiger partial charge in [-0.2, -0.15) is 0 Å². The standard InChI is InChI=1S/C24H24N2O4/c1-4-29-23(28)25-21-15(2)26-30-22(21)19-7-5-17(6-8-19)18-9-11-20(12-10-18)24(13-14-24)16(3)27/h5-12,27H,3-4,13-14H2,1-2H3,(H,25,28).